The van der Waals surface area contributed by atoms with E-state index in [1.54, 1.807) is 11.8 Å². The van der Waals surface area contributed by atoms with Gasteiger partial charge in [0.1, 0.15) is 0 Å². The van der Waals surface area contributed by atoms with Crippen molar-refractivity contribution in [2.24, 2.45) is 0 Å². The molecule has 2 saturated heterocycles. The number of hydrogen-bond donors (Lipinski definition) is 1. The SMILES string of the molecule is O=C(C1CCCS1)N1CCC(O)(C(F)(F)F)CC1. The van der Waals surface area contributed by atoms with E-state index < -0.39 is 24.6 Å². The number of nitrogens with zero attached hydrogens (tertiary/aromatic N) is 1. The summed E-state index contributed by atoms with van der Waals surface area (Å²) in [6.45, 7) is -0.0161. The van der Waals surface area contributed by atoms with Crippen LogP contribution in [0.1, 0.15) is 25.7 Å². The van der Waals surface area contributed by atoms with Crippen LogP contribution in [0.2, 0.25) is 0 Å². The average Bonchev–Trinajstić information content (AvgIpc) is 2.81. The summed E-state index contributed by atoms with van der Waals surface area (Å²) in [6.07, 6.45) is -3.64. The fraction of sp³-hybridized carbons (Fsp3) is 0.909. The van der Waals surface area contributed by atoms with Crippen LogP contribution >= 0.6 is 11.8 Å². The maximum Gasteiger partial charge on any atom is 0.417 e. The molecule has 0 bridgehead atoms. The number of aliphatic hydroxyl groups is 1. The zero-order valence-corrected chi connectivity index (χ0v) is 10.7. The smallest absolute Gasteiger partial charge is 0.380 e. The third-order valence-corrected chi connectivity index (χ3v) is 5.00. The maximum atomic E-state index is 12.6. The van der Waals surface area contributed by atoms with Crippen molar-refractivity contribution < 1.29 is 23.1 Å². The summed E-state index contributed by atoms with van der Waals surface area (Å²) in [4.78, 5) is 13.5. The van der Waals surface area contributed by atoms with Gasteiger partial charge in [0.15, 0.2) is 5.60 Å². The van der Waals surface area contributed by atoms with Crippen molar-refractivity contribution in [3.8, 4) is 0 Å². The summed E-state index contributed by atoms with van der Waals surface area (Å²) in [7, 11) is 0. The van der Waals surface area contributed by atoms with Crippen molar-refractivity contribution in [2.75, 3.05) is 18.8 Å². The molecule has 0 aromatic carbocycles. The Morgan fingerprint density at radius 3 is 2.39 bits per heavy atom. The minimum Gasteiger partial charge on any atom is -0.380 e. The van der Waals surface area contributed by atoms with Crippen LogP contribution in [0.3, 0.4) is 0 Å². The fourth-order valence-electron chi connectivity index (χ4n) is 2.36. The molecule has 0 spiro atoms. The average molecular weight is 283 g/mol. The Kier molecular flexibility index (Phi) is 3.82. The predicted octanol–water partition coefficient (Wildman–Crippen LogP) is 1.80. The molecule has 2 heterocycles. The second kappa shape index (κ2) is 4.92. The maximum absolute atomic E-state index is 12.6. The molecule has 1 unspecified atom stereocenters. The number of thioether (sulfide) groups is 1. The highest BCUT2D eigenvalue weighted by Crippen LogP contribution is 2.39. The number of piperidine rings is 1. The molecule has 2 rings (SSSR count). The highest BCUT2D eigenvalue weighted by Gasteiger charge is 2.55. The van der Waals surface area contributed by atoms with Crippen molar-refractivity contribution in [1.82, 2.24) is 4.90 Å². The molecule has 2 fully saturated rings. The molecule has 2 aliphatic heterocycles. The Morgan fingerprint density at radius 2 is 1.94 bits per heavy atom. The van der Waals surface area contributed by atoms with Crippen LogP contribution in [-0.2, 0) is 4.79 Å². The summed E-state index contributed by atoms with van der Waals surface area (Å²) in [5, 5.41) is 9.41. The minimum absolute atomic E-state index is 0.00803. The van der Waals surface area contributed by atoms with Gasteiger partial charge in [-0.15, -0.1) is 11.8 Å². The highest BCUT2D eigenvalue weighted by molar-refractivity contribution is 8.00. The Morgan fingerprint density at radius 1 is 1.33 bits per heavy atom. The van der Waals surface area contributed by atoms with Gasteiger partial charge in [0.2, 0.25) is 5.91 Å². The van der Waals surface area contributed by atoms with Crippen molar-refractivity contribution in [2.45, 2.75) is 42.7 Å². The van der Waals surface area contributed by atoms with Crippen LogP contribution in [0.15, 0.2) is 0 Å². The topological polar surface area (TPSA) is 40.5 Å². The number of carbonyl (C=O) groups is 1. The van der Waals surface area contributed by atoms with Crippen molar-refractivity contribution in [3.63, 3.8) is 0 Å². The Bertz CT molecular complexity index is 321. The summed E-state index contributed by atoms with van der Waals surface area (Å²) in [5.41, 5.74) is -2.62. The number of halogens is 3. The zero-order chi connectivity index (χ0) is 13.4. The van der Waals surface area contributed by atoms with Gasteiger partial charge in [0, 0.05) is 25.9 Å². The first kappa shape index (κ1) is 14.0. The van der Waals surface area contributed by atoms with E-state index in [1.807, 2.05) is 0 Å². The normalized spacial score (nSPS) is 28.4. The van der Waals surface area contributed by atoms with Crippen LogP contribution in [0.25, 0.3) is 0 Å². The summed E-state index contributed by atoms with van der Waals surface area (Å²) < 4.78 is 37.8. The molecule has 18 heavy (non-hydrogen) atoms. The van der Waals surface area contributed by atoms with Gasteiger partial charge in [-0.2, -0.15) is 13.2 Å². The first-order valence-corrected chi connectivity index (χ1v) is 7.08. The molecule has 0 aromatic rings. The van der Waals surface area contributed by atoms with Gasteiger partial charge in [-0.1, -0.05) is 0 Å². The van der Waals surface area contributed by atoms with Crippen LogP contribution in [0, 0.1) is 0 Å². The molecule has 1 N–H and O–H groups in total. The second-order valence-electron chi connectivity index (χ2n) is 4.86. The molecule has 0 saturated carbocycles. The van der Waals surface area contributed by atoms with Crippen LogP contribution in [-0.4, -0.2) is 51.8 Å². The quantitative estimate of drug-likeness (QED) is 0.797. The lowest BCUT2D eigenvalue weighted by molar-refractivity contribution is -0.272. The molecule has 0 radical (unpaired) electrons. The largest absolute Gasteiger partial charge is 0.417 e. The van der Waals surface area contributed by atoms with Crippen LogP contribution in [0.5, 0.6) is 0 Å². The monoisotopic (exact) mass is 283 g/mol. The molecule has 0 aromatic heterocycles. The zero-order valence-electron chi connectivity index (χ0n) is 9.87. The fourth-order valence-corrected chi connectivity index (χ4v) is 3.60. The Labute approximate surface area is 108 Å². The number of hydrogen-bond acceptors (Lipinski definition) is 3. The molecule has 0 aliphatic carbocycles. The third-order valence-electron chi connectivity index (χ3n) is 3.64. The highest BCUT2D eigenvalue weighted by atomic mass is 32.2. The molecular formula is C11H16F3NO2S. The van der Waals surface area contributed by atoms with Gasteiger partial charge in [-0.3, -0.25) is 4.79 Å². The predicted molar refractivity (Wildman–Crippen MR) is 62.3 cm³/mol. The number of rotatable bonds is 1. The van der Waals surface area contributed by atoms with Crippen LogP contribution in [0.4, 0.5) is 13.2 Å². The van der Waals surface area contributed by atoms with E-state index in [0.717, 1.165) is 18.6 Å². The van der Waals surface area contributed by atoms with Gasteiger partial charge < -0.3 is 10.0 Å². The summed E-state index contributed by atoms with van der Waals surface area (Å²) in [6, 6.07) is 0. The molecule has 1 atom stereocenters. The van der Waals surface area contributed by atoms with Gasteiger partial charge in [-0.05, 0) is 18.6 Å². The van der Waals surface area contributed by atoms with E-state index in [4.69, 9.17) is 0 Å². The number of amides is 1. The van der Waals surface area contributed by atoms with E-state index >= 15 is 0 Å². The van der Waals surface area contributed by atoms with Gasteiger partial charge in [0.25, 0.3) is 0 Å². The van der Waals surface area contributed by atoms with Crippen molar-refractivity contribution in [1.29, 1.82) is 0 Å². The number of alkyl halides is 3. The summed E-state index contributed by atoms with van der Waals surface area (Å²) in [5.74, 6) is 0.873. The minimum atomic E-state index is -4.61. The van der Waals surface area contributed by atoms with E-state index in [0.29, 0.717) is 0 Å². The first-order valence-electron chi connectivity index (χ1n) is 6.03. The Hall–Kier alpha value is -0.430. The molecule has 7 heteroatoms. The van der Waals surface area contributed by atoms with Crippen molar-refractivity contribution in [3.05, 3.63) is 0 Å². The lowest BCUT2D eigenvalue weighted by atomic mass is 9.90. The first-order chi connectivity index (χ1) is 8.33. The molecule has 104 valence electrons. The number of carbonyl (C=O) groups excluding carboxylic acids is 1. The van der Waals surface area contributed by atoms with E-state index in [2.05, 4.69) is 0 Å². The lowest BCUT2D eigenvalue weighted by Crippen LogP contribution is -2.55. The number of likely N-dealkylation sites (tertiary alicyclic amines) is 1. The molecular weight excluding hydrogens is 267 g/mol. The van der Waals surface area contributed by atoms with Gasteiger partial charge >= 0.3 is 6.18 Å². The standard InChI is InChI=1S/C11H16F3NO2S/c12-11(13,14)10(17)3-5-15(6-4-10)9(16)8-2-1-7-18-8/h8,17H,1-7H2. The Balaban J connectivity index is 1.92. The van der Waals surface area contributed by atoms with E-state index in [9.17, 15) is 23.1 Å². The lowest BCUT2D eigenvalue weighted by Gasteiger charge is -2.39. The van der Waals surface area contributed by atoms with Gasteiger partial charge in [0.05, 0.1) is 5.25 Å². The van der Waals surface area contributed by atoms with Crippen LogP contribution < -0.4 is 0 Å². The van der Waals surface area contributed by atoms with E-state index in [-0.39, 0.29) is 24.2 Å². The van der Waals surface area contributed by atoms with Gasteiger partial charge in [-0.25, -0.2) is 0 Å². The molecule has 2 aliphatic rings. The second-order valence-corrected chi connectivity index (χ2v) is 6.17. The van der Waals surface area contributed by atoms with Crippen molar-refractivity contribution >= 4 is 17.7 Å². The third kappa shape index (κ3) is 2.61. The van der Waals surface area contributed by atoms with E-state index in [1.165, 1.54) is 4.90 Å². The molecule has 3 nitrogen and oxygen atoms in total. The molecule has 1 amide bonds. The summed E-state index contributed by atoms with van der Waals surface area (Å²) >= 11 is 1.57.